The highest BCUT2D eigenvalue weighted by molar-refractivity contribution is 5.96. The van der Waals surface area contributed by atoms with Crippen molar-refractivity contribution in [1.82, 2.24) is 14.4 Å². The highest BCUT2D eigenvalue weighted by atomic mass is 19.1. The van der Waals surface area contributed by atoms with Gasteiger partial charge >= 0.3 is 0 Å². The van der Waals surface area contributed by atoms with Crippen molar-refractivity contribution in [2.24, 2.45) is 5.92 Å². The number of hydrogen-bond acceptors (Lipinski definition) is 3. The van der Waals surface area contributed by atoms with E-state index in [9.17, 15) is 14.0 Å². The molecule has 1 atom stereocenters. The highest BCUT2D eigenvalue weighted by Crippen LogP contribution is 2.18. The first kappa shape index (κ1) is 28.0. The van der Waals surface area contributed by atoms with Crippen LogP contribution in [0.5, 0.6) is 5.75 Å². The molecule has 0 saturated heterocycles. The first-order valence-corrected chi connectivity index (χ1v) is 12.8. The topological polar surface area (TPSA) is 54.8 Å². The SMILES string of the molecule is CCC(C)N(Cc1cccn1Cc1cccc(OC)c1)C(=O)CN(CC(C)C)C(=O)c1ccccc1F. The van der Waals surface area contributed by atoms with Crippen molar-refractivity contribution >= 4 is 11.8 Å². The number of methoxy groups -OCH3 is 1. The molecular weight excluding hydrogens is 469 g/mol. The number of amides is 2. The van der Waals surface area contributed by atoms with Gasteiger partial charge in [0, 0.05) is 31.0 Å². The number of carbonyl (C=O) groups is 2. The normalized spacial score (nSPS) is 11.9. The molecule has 6 nitrogen and oxygen atoms in total. The summed E-state index contributed by atoms with van der Waals surface area (Å²) in [6.07, 6.45) is 2.77. The molecular formula is C30H38FN3O3. The van der Waals surface area contributed by atoms with Crippen molar-refractivity contribution in [3.05, 3.63) is 89.5 Å². The molecule has 0 aliphatic carbocycles. The summed E-state index contributed by atoms with van der Waals surface area (Å²) in [5.41, 5.74) is 2.07. The molecule has 7 heteroatoms. The average molecular weight is 508 g/mol. The van der Waals surface area contributed by atoms with E-state index in [-0.39, 0.29) is 30.0 Å². The van der Waals surface area contributed by atoms with Gasteiger partial charge in [-0.05, 0) is 61.2 Å². The first-order valence-electron chi connectivity index (χ1n) is 12.8. The standard InChI is InChI=1S/C30H38FN3O3/c1-6-23(4)34(20-25-12-10-16-32(25)19-24-11-9-13-26(17-24)37-5)29(35)21-33(18-22(2)3)30(36)27-14-7-8-15-28(27)31/h7-17,22-23H,6,18-21H2,1-5H3. The van der Waals surface area contributed by atoms with Gasteiger partial charge in [0.15, 0.2) is 0 Å². The summed E-state index contributed by atoms with van der Waals surface area (Å²) in [5.74, 6) is -0.282. The molecule has 0 N–H and O–H groups in total. The van der Waals surface area contributed by atoms with Crippen LogP contribution in [-0.2, 0) is 17.9 Å². The fourth-order valence-electron chi connectivity index (χ4n) is 4.32. The van der Waals surface area contributed by atoms with Gasteiger partial charge in [0.25, 0.3) is 5.91 Å². The second kappa shape index (κ2) is 13.1. The number of nitrogens with zero attached hydrogens (tertiary/aromatic N) is 3. The molecule has 0 saturated carbocycles. The quantitative estimate of drug-likeness (QED) is 0.320. The molecule has 3 aromatic rings. The van der Waals surface area contributed by atoms with Crippen LogP contribution in [0.4, 0.5) is 4.39 Å². The molecule has 0 aliphatic heterocycles. The molecule has 0 bridgehead atoms. The van der Waals surface area contributed by atoms with Crippen LogP contribution >= 0.6 is 0 Å². The van der Waals surface area contributed by atoms with Crippen LogP contribution in [0.25, 0.3) is 0 Å². The van der Waals surface area contributed by atoms with Crippen LogP contribution in [0.1, 0.15) is 55.7 Å². The summed E-state index contributed by atoms with van der Waals surface area (Å²) in [5, 5.41) is 0. The Hall–Kier alpha value is -3.61. The zero-order valence-electron chi connectivity index (χ0n) is 22.5. The summed E-state index contributed by atoms with van der Waals surface area (Å²) in [7, 11) is 1.65. The van der Waals surface area contributed by atoms with Crippen molar-refractivity contribution < 1.29 is 18.7 Å². The lowest BCUT2D eigenvalue weighted by atomic mass is 10.1. The third-order valence-electron chi connectivity index (χ3n) is 6.49. The molecule has 0 radical (unpaired) electrons. The molecule has 198 valence electrons. The van der Waals surface area contributed by atoms with Gasteiger partial charge in [-0.3, -0.25) is 9.59 Å². The van der Waals surface area contributed by atoms with E-state index in [1.54, 1.807) is 19.2 Å². The van der Waals surface area contributed by atoms with Gasteiger partial charge in [-0.15, -0.1) is 0 Å². The lowest BCUT2D eigenvalue weighted by molar-refractivity contribution is -0.134. The second-order valence-corrected chi connectivity index (χ2v) is 9.82. The summed E-state index contributed by atoms with van der Waals surface area (Å²) < 4.78 is 21.9. The van der Waals surface area contributed by atoms with Crippen LogP contribution < -0.4 is 4.74 Å². The van der Waals surface area contributed by atoms with Gasteiger partial charge < -0.3 is 19.1 Å². The summed E-state index contributed by atoms with van der Waals surface area (Å²) in [6, 6.07) is 17.8. The van der Waals surface area contributed by atoms with Gasteiger partial charge in [0.05, 0.1) is 19.2 Å². The van der Waals surface area contributed by atoms with Crippen LogP contribution in [0, 0.1) is 11.7 Å². The Kier molecular flexibility index (Phi) is 9.89. The lowest BCUT2D eigenvalue weighted by Crippen LogP contribution is -2.47. The Morgan fingerprint density at radius 3 is 2.46 bits per heavy atom. The summed E-state index contributed by atoms with van der Waals surface area (Å²) >= 11 is 0. The molecule has 1 heterocycles. The minimum absolute atomic E-state index is 0.0156. The van der Waals surface area contributed by atoms with Gasteiger partial charge in [0.2, 0.25) is 5.91 Å². The average Bonchev–Trinajstić information content (AvgIpc) is 3.32. The van der Waals surface area contributed by atoms with E-state index in [0.717, 1.165) is 23.4 Å². The minimum Gasteiger partial charge on any atom is -0.497 e. The summed E-state index contributed by atoms with van der Waals surface area (Å²) in [6.45, 7) is 9.32. The predicted molar refractivity (Wildman–Crippen MR) is 144 cm³/mol. The maximum Gasteiger partial charge on any atom is 0.257 e. The van der Waals surface area contributed by atoms with Crippen molar-refractivity contribution in [3.63, 3.8) is 0 Å². The van der Waals surface area contributed by atoms with Gasteiger partial charge in [0.1, 0.15) is 18.1 Å². The van der Waals surface area contributed by atoms with Crippen molar-refractivity contribution in [2.75, 3.05) is 20.2 Å². The monoisotopic (exact) mass is 507 g/mol. The predicted octanol–water partition coefficient (Wildman–Crippen LogP) is 5.61. The van der Waals surface area contributed by atoms with E-state index in [4.69, 9.17) is 4.74 Å². The van der Waals surface area contributed by atoms with Crippen LogP contribution in [0.3, 0.4) is 0 Å². The molecule has 1 aromatic heterocycles. The van der Waals surface area contributed by atoms with E-state index >= 15 is 0 Å². The van der Waals surface area contributed by atoms with E-state index in [0.29, 0.717) is 19.6 Å². The Bertz CT molecular complexity index is 1190. The van der Waals surface area contributed by atoms with Crippen molar-refractivity contribution in [2.45, 2.75) is 53.2 Å². The Morgan fingerprint density at radius 1 is 1.03 bits per heavy atom. The zero-order valence-corrected chi connectivity index (χ0v) is 22.5. The van der Waals surface area contributed by atoms with Crippen molar-refractivity contribution in [3.8, 4) is 5.75 Å². The number of ether oxygens (including phenoxy) is 1. The fraction of sp³-hybridized carbons (Fsp3) is 0.400. The number of benzene rings is 2. The Morgan fingerprint density at radius 2 is 1.78 bits per heavy atom. The van der Waals surface area contributed by atoms with E-state index < -0.39 is 11.7 Å². The Labute approximate surface area is 219 Å². The molecule has 0 aliphatic rings. The maximum absolute atomic E-state index is 14.4. The molecule has 0 fully saturated rings. The van der Waals surface area contributed by atoms with E-state index in [1.807, 2.05) is 75.2 Å². The fourth-order valence-corrected chi connectivity index (χ4v) is 4.32. The lowest BCUT2D eigenvalue weighted by Gasteiger charge is -2.32. The van der Waals surface area contributed by atoms with Gasteiger partial charge in [-0.2, -0.15) is 0 Å². The number of carbonyl (C=O) groups excluding carboxylic acids is 2. The zero-order chi connectivity index (χ0) is 26.9. The van der Waals surface area contributed by atoms with Gasteiger partial charge in [-0.1, -0.05) is 45.0 Å². The largest absolute Gasteiger partial charge is 0.497 e. The van der Waals surface area contributed by atoms with Crippen LogP contribution in [-0.4, -0.2) is 52.4 Å². The number of aromatic nitrogens is 1. The van der Waals surface area contributed by atoms with E-state index in [2.05, 4.69) is 4.57 Å². The van der Waals surface area contributed by atoms with Crippen molar-refractivity contribution in [1.29, 1.82) is 0 Å². The Balaban J connectivity index is 1.81. The summed E-state index contributed by atoms with van der Waals surface area (Å²) in [4.78, 5) is 30.2. The van der Waals surface area contributed by atoms with Crippen LogP contribution in [0.15, 0.2) is 66.9 Å². The third-order valence-corrected chi connectivity index (χ3v) is 6.49. The van der Waals surface area contributed by atoms with Crippen LogP contribution in [0.2, 0.25) is 0 Å². The first-order chi connectivity index (χ1) is 17.7. The molecule has 37 heavy (non-hydrogen) atoms. The molecule has 2 amide bonds. The van der Waals surface area contributed by atoms with E-state index in [1.165, 1.54) is 17.0 Å². The second-order valence-electron chi connectivity index (χ2n) is 9.82. The van der Waals surface area contributed by atoms with Gasteiger partial charge in [-0.25, -0.2) is 4.39 Å². The molecule has 0 spiro atoms. The number of rotatable bonds is 12. The maximum atomic E-state index is 14.4. The highest BCUT2D eigenvalue weighted by Gasteiger charge is 2.27. The minimum atomic E-state index is -0.581. The third kappa shape index (κ3) is 7.44. The number of halogens is 1. The molecule has 2 aromatic carbocycles. The smallest absolute Gasteiger partial charge is 0.257 e. The molecule has 3 rings (SSSR count). The molecule has 1 unspecified atom stereocenters. The number of hydrogen-bond donors (Lipinski definition) is 0.